The number of hydrogen-bond acceptors (Lipinski definition) is 3. The average Bonchev–Trinajstić information content (AvgIpc) is 2.41. The van der Waals surface area contributed by atoms with E-state index >= 15 is 0 Å². The van der Waals surface area contributed by atoms with Crippen molar-refractivity contribution in [2.45, 2.75) is 58.0 Å². The molecule has 110 valence electrons. The molecule has 0 bridgehead atoms. The van der Waals surface area contributed by atoms with E-state index in [9.17, 15) is 4.79 Å². The van der Waals surface area contributed by atoms with Crippen LogP contribution in [0.5, 0.6) is 0 Å². The minimum atomic E-state index is 0.317. The van der Waals surface area contributed by atoms with Gasteiger partial charge in [-0.1, -0.05) is 13.3 Å². The van der Waals surface area contributed by atoms with Crippen LogP contribution in [0.15, 0.2) is 0 Å². The molecule has 0 saturated carbocycles. The second-order valence-corrected chi connectivity index (χ2v) is 6.29. The molecule has 0 aliphatic carbocycles. The number of piperidine rings is 2. The standard InChI is InChI=1S/C15H29N3O/c1-3-13-10-17(9-7-14(13)16)11-15(19)18-8-5-4-6-12(18)2/h12-14H,3-11,16H2,1-2H3. The van der Waals surface area contributed by atoms with E-state index in [-0.39, 0.29) is 0 Å². The Morgan fingerprint density at radius 2 is 2.05 bits per heavy atom. The van der Waals surface area contributed by atoms with Crippen molar-refractivity contribution in [2.75, 3.05) is 26.2 Å². The molecule has 2 saturated heterocycles. The number of nitrogens with zero attached hydrogens (tertiary/aromatic N) is 2. The van der Waals surface area contributed by atoms with E-state index in [4.69, 9.17) is 5.73 Å². The van der Waals surface area contributed by atoms with Crippen molar-refractivity contribution >= 4 is 5.91 Å². The summed E-state index contributed by atoms with van der Waals surface area (Å²) in [7, 11) is 0. The van der Waals surface area contributed by atoms with Gasteiger partial charge in [0.1, 0.15) is 0 Å². The zero-order valence-corrected chi connectivity index (χ0v) is 12.5. The highest BCUT2D eigenvalue weighted by molar-refractivity contribution is 5.78. The third-order valence-electron chi connectivity index (χ3n) is 4.88. The van der Waals surface area contributed by atoms with Crippen molar-refractivity contribution in [2.24, 2.45) is 11.7 Å². The molecule has 2 aliphatic rings. The van der Waals surface area contributed by atoms with E-state index in [1.54, 1.807) is 0 Å². The normalized spacial score (nSPS) is 33.4. The van der Waals surface area contributed by atoms with Crippen molar-refractivity contribution in [3.63, 3.8) is 0 Å². The van der Waals surface area contributed by atoms with Crippen molar-refractivity contribution in [3.05, 3.63) is 0 Å². The predicted molar refractivity (Wildman–Crippen MR) is 77.8 cm³/mol. The fourth-order valence-electron chi connectivity index (χ4n) is 3.45. The quantitative estimate of drug-likeness (QED) is 0.842. The van der Waals surface area contributed by atoms with Crippen LogP contribution in [0.3, 0.4) is 0 Å². The van der Waals surface area contributed by atoms with E-state index in [1.807, 2.05) is 0 Å². The summed E-state index contributed by atoms with van der Waals surface area (Å²) in [6.45, 7) is 7.88. The molecule has 3 atom stereocenters. The fraction of sp³-hybridized carbons (Fsp3) is 0.933. The van der Waals surface area contributed by atoms with E-state index < -0.39 is 0 Å². The third-order valence-corrected chi connectivity index (χ3v) is 4.88. The summed E-state index contributed by atoms with van der Waals surface area (Å²) in [5.74, 6) is 0.873. The molecular formula is C15H29N3O. The monoisotopic (exact) mass is 267 g/mol. The lowest BCUT2D eigenvalue weighted by molar-refractivity contribution is -0.136. The van der Waals surface area contributed by atoms with Gasteiger partial charge < -0.3 is 10.6 Å². The Kier molecular flexibility index (Phi) is 5.22. The molecular weight excluding hydrogens is 238 g/mol. The molecule has 2 fully saturated rings. The van der Waals surface area contributed by atoms with Crippen LogP contribution in [0.25, 0.3) is 0 Å². The number of nitrogens with two attached hydrogens (primary N) is 1. The van der Waals surface area contributed by atoms with E-state index in [0.717, 1.165) is 38.9 Å². The van der Waals surface area contributed by atoms with Gasteiger partial charge in [-0.2, -0.15) is 0 Å². The molecule has 1 amide bonds. The number of likely N-dealkylation sites (tertiary alicyclic amines) is 2. The summed E-state index contributed by atoms with van der Waals surface area (Å²) in [5.41, 5.74) is 6.13. The van der Waals surface area contributed by atoms with Crippen molar-refractivity contribution in [3.8, 4) is 0 Å². The Morgan fingerprint density at radius 1 is 1.26 bits per heavy atom. The molecule has 3 unspecified atom stereocenters. The molecule has 0 aromatic carbocycles. The molecule has 0 spiro atoms. The smallest absolute Gasteiger partial charge is 0.236 e. The number of amides is 1. The van der Waals surface area contributed by atoms with Gasteiger partial charge in [-0.05, 0) is 38.5 Å². The molecule has 2 heterocycles. The summed E-state index contributed by atoms with van der Waals surface area (Å²) < 4.78 is 0. The van der Waals surface area contributed by atoms with Crippen LogP contribution in [0.2, 0.25) is 0 Å². The first-order valence-corrected chi connectivity index (χ1v) is 7.89. The number of carbonyl (C=O) groups is 1. The summed E-state index contributed by atoms with van der Waals surface area (Å²) >= 11 is 0. The van der Waals surface area contributed by atoms with Gasteiger partial charge in [0.05, 0.1) is 6.54 Å². The van der Waals surface area contributed by atoms with E-state index in [0.29, 0.717) is 30.5 Å². The molecule has 0 aromatic heterocycles. The van der Waals surface area contributed by atoms with Crippen LogP contribution in [0.1, 0.15) is 46.0 Å². The molecule has 2 N–H and O–H groups in total. The Hall–Kier alpha value is -0.610. The highest BCUT2D eigenvalue weighted by atomic mass is 16.2. The van der Waals surface area contributed by atoms with Crippen molar-refractivity contribution in [1.29, 1.82) is 0 Å². The topological polar surface area (TPSA) is 49.6 Å². The van der Waals surface area contributed by atoms with Gasteiger partial charge in [0.15, 0.2) is 0 Å². The van der Waals surface area contributed by atoms with E-state index in [2.05, 4.69) is 23.6 Å². The molecule has 19 heavy (non-hydrogen) atoms. The van der Waals surface area contributed by atoms with Crippen LogP contribution in [0.4, 0.5) is 0 Å². The van der Waals surface area contributed by atoms with E-state index in [1.165, 1.54) is 12.8 Å². The summed E-state index contributed by atoms with van der Waals surface area (Å²) in [6.07, 6.45) is 5.74. The maximum Gasteiger partial charge on any atom is 0.236 e. The molecule has 2 aliphatic heterocycles. The predicted octanol–water partition coefficient (Wildman–Crippen LogP) is 1.45. The maximum absolute atomic E-state index is 12.4. The Bertz CT molecular complexity index is 308. The fourth-order valence-corrected chi connectivity index (χ4v) is 3.45. The highest BCUT2D eigenvalue weighted by Crippen LogP contribution is 2.20. The molecule has 0 radical (unpaired) electrons. The van der Waals surface area contributed by atoms with Crippen LogP contribution in [-0.4, -0.2) is 54.0 Å². The third kappa shape index (κ3) is 3.69. The minimum Gasteiger partial charge on any atom is -0.339 e. The van der Waals surface area contributed by atoms with Crippen LogP contribution in [0, 0.1) is 5.92 Å². The van der Waals surface area contributed by atoms with Gasteiger partial charge in [0.25, 0.3) is 0 Å². The summed E-state index contributed by atoms with van der Waals surface area (Å²) in [4.78, 5) is 16.8. The second kappa shape index (κ2) is 6.71. The lowest BCUT2D eigenvalue weighted by atomic mass is 9.90. The first-order valence-electron chi connectivity index (χ1n) is 7.89. The number of hydrogen-bond donors (Lipinski definition) is 1. The van der Waals surface area contributed by atoms with Crippen molar-refractivity contribution in [1.82, 2.24) is 9.80 Å². The molecule has 0 aromatic rings. The molecule has 4 heteroatoms. The maximum atomic E-state index is 12.4. The summed E-state index contributed by atoms with van der Waals surface area (Å²) in [5, 5.41) is 0. The van der Waals surface area contributed by atoms with Gasteiger partial charge in [-0.15, -0.1) is 0 Å². The molecule has 4 nitrogen and oxygen atoms in total. The van der Waals surface area contributed by atoms with Gasteiger partial charge in [0, 0.05) is 31.7 Å². The second-order valence-electron chi connectivity index (χ2n) is 6.29. The van der Waals surface area contributed by atoms with Gasteiger partial charge in [0.2, 0.25) is 5.91 Å². The average molecular weight is 267 g/mol. The Balaban J connectivity index is 1.85. The summed E-state index contributed by atoms with van der Waals surface area (Å²) in [6, 6.07) is 0.750. The van der Waals surface area contributed by atoms with Gasteiger partial charge in [-0.3, -0.25) is 9.69 Å². The zero-order chi connectivity index (χ0) is 13.8. The van der Waals surface area contributed by atoms with Crippen LogP contribution in [-0.2, 0) is 4.79 Å². The van der Waals surface area contributed by atoms with Gasteiger partial charge >= 0.3 is 0 Å². The Morgan fingerprint density at radius 3 is 2.74 bits per heavy atom. The largest absolute Gasteiger partial charge is 0.339 e. The lowest BCUT2D eigenvalue weighted by Crippen LogP contribution is -2.52. The number of rotatable bonds is 3. The number of carbonyl (C=O) groups excluding carboxylic acids is 1. The van der Waals surface area contributed by atoms with Gasteiger partial charge in [-0.25, -0.2) is 0 Å². The minimum absolute atomic E-state index is 0.317. The van der Waals surface area contributed by atoms with Crippen LogP contribution >= 0.6 is 0 Å². The lowest BCUT2D eigenvalue weighted by Gasteiger charge is -2.39. The first kappa shape index (κ1) is 14.8. The van der Waals surface area contributed by atoms with Crippen molar-refractivity contribution < 1.29 is 4.79 Å². The first-order chi connectivity index (χ1) is 9.11. The molecule has 2 rings (SSSR count). The zero-order valence-electron chi connectivity index (χ0n) is 12.5. The SMILES string of the molecule is CCC1CN(CC(=O)N2CCCCC2C)CCC1N. The highest BCUT2D eigenvalue weighted by Gasteiger charge is 2.29. The Labute approximate surface area is 117 Å². The van der Waals surface area contributed by atoms with Crippen LogP contribution < -0.4 is 5.73 Å².